The lowest BCUT2D eigenvalue weighted by molar-refractivity contribution is 0.442. The van der Waals surface area contributed by atoms with Crippen LogP contribution in [0.2, 0.25) is 0 Å². The van der Waals surface area contributed by atoms with Crippen molar-refractivity contribution in [3.8, 4) is 0 Å². The minimum atomic E-state index is 0.384. The molecule has 0 amide bonds. The number of fused-ring (bicyclic) bond motifs is 1. The predicted octanol–water partition coefficient (Wildman–Crippen LogP) is 5.12. The molecule has 2 unspecified atom stereocenters. The molecule has 0 aromatic carbocycles. The number of hydrogen-bond donors (Lipinski definition) is 1. The van der Waals surface area contributed by atoms with Gasteiger partial charge in [-0.3, -0.25) is 0 Å². The quantitative estimate of drug-likeness (QED) is 0.601. The standard InChI is InChI=1S/C25H33N7/c1-16(2)20-13-28-24(32-11-8-18(32)4)21-14-27-23(12-19(20)21)29-22-7-9-26-25(30-22)31-10-5-6-17(3)15-31/h7,9,12-14,16-18H,5-6,8,10-11,15H2,1-4H3,(H,26,27,29,30). The van der Waals surface area contributed by atoms with Gasteiger partial charge in [-0.1, -0.05) is 20.8 Å². The van der Waals surface area contributed by atoms with Crippen molar-refractivity contribution in [1.29, 1.82) is 0 Å². The molecule has 5 rings (SSSR count). The molecule has 0 saturated carbocycles. The Labute approximate surface area is 190 Å². The summed E-state index contributed by atoms with van der Waals surface area (Å²) in [5.41, 5.74) is 1.24. The number of pyridine rings is 2. The molecular formula is C25H33N7. The van der Waals surface area contributed by atoms with Crippen LogP contribution in [0.5, 0.6) is 0 Å². The van der Waals surface area contributed by atoms with Gasteiger partial charge in [0.2, 0.25) is 5.95 Å². The molecule has 0 aliphatic carbocycles. The van der Waals surface area contributed by atoms with Crippen LogP contribution in [-0.4, -0.2) is 45.6 Å². The Kier molecular flexibility index (Phi) is 5.57. The molecule has 2 atom stereocenters. The fourth-order valence-electron chi connectivity index (χ4n) is 4.80. The second-order valence-corrected chi connectivity index (χ2v) is 9.70. The van der Waals surface area contributed by atoms with Crippen molar-refractivity contribution in [2.24, 2.45) is 5.92 Å². The molecule has 5 heterocycles. The van der Waals surface area contributed by atoms with Crippen molar-refractivity contribution in [3.63, 3.8) is 0 Å². The molecule has 3 aromatic heterocycles. The van der Waals surface area contributed by atoms with Crippen LogP contribution in [0.25, 0.3) is 10.8 Å². The Bertz CT molecular complexity index is 1110. The van der Waals surface area contributed by atoms with Gasteiger partial charge in [0.15, 0.2) is 0 Å². The second-order valence-electron chi connectivity index (χ2n) is 9.70. The summed E-state index contributed by atoms with van der Waals surface area (Å²) in [5.74, 6) is 4.48. The molecule has 7 heteroatoms. The van der Waals surface area contributed by atoms with E-state index in [-0.39, 0.29) is 0 Å². The van der Waals surface area contributed by atoms with Crippen LogP contribution in [0.3, 0.4) is 0 Å². The molecule has 2 aliphatic heterocycles. The Morgan fingerprint density at radius 3 is 2.59 bits per heavy atom. The Balaban J connectivity index is 1.46. The van der Waals surface area contributed by atoms with Crippen LogP contribution in [0.15, 0.2) is 30.7 Å². The van der Waals surface area contributed by atoms with Crippen LogP contribution in [-0.2, 0) is 0 Å². The number of piperidine rings is 1. The number of hydrogen-bond acceptors (Lipinski definition) is 7. The smallest absolute Gasteiger partial charge is 0.227 e. The first-order valence-electron chi connectivity index (χ1n) is 11.9. The topological polar surface area (TPSA) is 70.1 Å². The fraction of sp³-hybridized carbons (Fsp3) is 0.520. The van der Waals surface area contributed by atoms with Gasteiger partial charge < -0.3 is 15.1 Å². The van der Waals surface area contributed by atoms with Crippen molar-refractivity contribution in [2.45, 2.75) is 58.9 Å². The van der Waals surface area contributed by atoms with Crippen molar-refractivity contribution >= 4 is 34.2 Å². The summed E-state index contributed by atoms with van der Waals surface area (Å²) < 4.78 is 0. The third-order valence-electron chi connectivity index (χ3n) is 6.83. The summed E-state index contributed by atoms with van der Waals surface area (Å²) in [4.78, 5) is 23.5. The van der Waals surface area contributed by atoms with Gasteiger partial charge in [0.1, 0.15) is 17.5 Å². The molecule has 3 aromatic rings. The summed E-state index contributed by atoms with van der Waals surface area (Å²) in [6, 6.07) is 4.59. The molecule has 0 spiro atoms. The van der Waals surface area contributed by atoms with Crippen LogP contribution >= 0.6 is 0 Å². The molecule has 0 bridgehead atoms. The Hall–Kier alpha value is -2.96. The highest BCUT2D eigenvalue weighted by Gasteiger charge is 2.27. The van der Waals surface area contributed by atoms with Crippen LogP contribution < -0.4 is 15.1 Å². The van der Waals surface area contributed by atoms with E-state index in [0.29, 0.717) is 17.9 Å². The Morgan fingerprint density at radius 2 is 1.88 bits per heavy atom. The van der Waals surface area contributed by atoms with E-state index in [1.807, 2.05) is 24.7 Å². The van der Waals surface area contributed by atoms with E-state index in [9.17, 15) is 0 Å². The van der Waals surface area contributed by atoms with Crippen LogP contribution in [0.4, 0.5) is 23.4 Å². The molecule has 7 nitrogen and oxygen atoms in total. The fourth-order valence-corrected chi connectivity index (χ4v) is 4.80. The number of anilines is 4. The van der Waals surface area contributed by atoms with E-state index in [4.69, 9.17) is 15.0 Å². The number of nitrogens with zero attached hydrogens (tertiary/aromatic N) is 6. The van der Waals surface area contributed by atoms with Gasteiger partial charge in [0.25, 0.3) is 0 Å². The first-order valence-corrected chi connectivity index (χ1v) is 11.9. The summed E-state index contributed by atoms with van der Waals surface area (Å²) in [6.45, 7) is 12.1. The van der Waals surface area contributed by atoms with Gasteiger partial charge >= 0.3 is 0 Å². The van der Waals surface area contributed by atoms with Crippen LogP contribution in [0, 0.1) is 5.92 Å². The maximum Gasteiger partial charge on any atom is 0.227 e. The molecule has 1 N–H and O–H groups in total. The summed E-state index contributed by atoms with van der Waals surface area (Å²) in [5, 5.41) is 5.75. The lowest BCUT2D eigenvalue weighted by Gasteiger charge is -2.40. The highest BCUT2D eigenvalue weighted by Crippen LogP contribution is 2.35. The SMILES string of the molecule is CC1CCCN(c2nccc(Nc3cc4c(C(C)C)cnc(N5CCC5C)c4cn3)n2)C1. The maximum absolute atomic E-state index is 4.82. The van der Waals surface area contributed by atoms with E-state index in [1.165, 1.54) is 30.2 Å². The average molecular weight is 432 g/mol. The molecule has 168 valence electrons. The van der Waals surface area contributed by atoms with Gasteiger partial charge in [-0.25, -0.2) is 15.0 Å². The van der Waals surface area contributed by atoms with Crippen LogP contribution in [0.1, 0.15) is 58.4 Å². The zero-order valence-electron chi connectivity index (χ0n) is 19.5. The summed E-state index contributed by atoms with van der Waals surface area (Å²) >= 11 is 0. The van der Waals surface area contributed by atoms with E-state index in [2.05, 4.69) is 53.9 Å². The first kappa shape index (κ1) is 20.9. The molecule has 2 saturated heterocycles. The van der Waals surface area contributed by atoms with Gasteiger partial charge in [-0.05, 0) is 61.1 Å². The van der Waals surface area contributed by atoms with Gasteiger partial charge in [-0.15, -0.1) is 0 Å². The van der Waals surface area contributed by atoms with E-state index in [1.54, 1.807) is 0 Å². The molecular weight excluding hydrogens is 398 g/mol. The van der Waals surface area contributed by atoms with E-state index >= 15 is 0 Å². The molecule has 2 aliphatic rings. The number of nitrogens with one attached hydrogen (secondary N) is 1. The lowest BCUT2D eigenvalue weighted by atomic mass is 9.97. The second kappa shape index (κ2) is 8.52. The Morgan fingerprint density at radius 1 is 1.00 bits per heavy atom. The first-order chi connectivity index (χ1) is 15.5. The number of aromatic nitrogens is 4. The van der Waals surface area contributed by atoms with Crippen molar-refractivity contribution in [3.05, 3.63) is 36.3 Å². The minimum Gasteiger partial charge on any atom is -0.353 e. The number of rotatable bonds is 5. The maximum atomic E-state index is 4.82. The largest absolute Gasteiger partial charge is 0.353 e. The normalized spacial score (nSPS) is 21.2. The van der Waals surface area contributed by atoms with Crippen molar-refractivity contribution in [2.75, 3.05) is 34.8 Å². The lowest BCUT2D eigenvalue weighted by Crippen LogP contribution is -2.46. The minimum absolute atomic E-state index is 0.384. The molecule has 32 heavy (non-hydrogen) atoms. The highest BCUT2D eigenvalue weighted by molar-refractivity contribution is 5.96. The van der Waals surface area contributed by atoms with Crippen molar-refractivity contribution < 1.29 is 0 Å². The van der Waals surface area contributed by atoms with E-state index in [0.717, 1.165) is 48.4 Å². The van der Waals surface area contributed by atoms with E-state index < -0.39 is 0 Å². The molecule has 0 radical (unpaired) electrons. The zero-order valence-corrected chi connectivity index (χ0v) is 19.5. The summed E-state index contributed by atoms with van der Waals surface area (Å²) in [6.07, 6.45) is 9.52. The third kappa shape index (κ3) is 3.96. The molecule has 2 fully saturated rings. The highest BCUT2D eigenvalue weighted by atomic mass is 15.3. The van der Waals surface area contributed by atoms with Crippen molar-refractivity contribution in [1.82, 2.24) is 19.9 Å². The zero-order chi connectivity index (χ0) is 22.2. The average Bonchev–Trinajstić information content (AvgIpc) is 2.78. The predicted molar refractivity (Wildman–Crippen MR) is 131 cm³/mol. The van der Waals surface area contributed by atoms with Gasteiger partial charge in [0, 0.05) is 49.7 Å². The van der Waals surface area contributed by atoms with Gasteiger partial charge in [-0.2, -0.15) is 4.98 Å². The third-order valence-corrected chi connectivity index (χ3v) is 6.83. The monoisotopic (exact) mass is 431 g/mol. The summed E-state index contributed by atoms with van der Waals surface area (Å²) in [7, 11) is 0. The van der Waals surface area contributed by atoms with Gasteiger partial charge in [0.05, 0.1) is 0 Å².